The highest BCUT2D eigenvalue weighted by atomic mass is 15.1. The van der Waals surface area contributed by atoms with Crippen molar-refractivity contribution in [3.05, 3.63) is 30.1 Å². The van der Waals surface area contributed by atoms with E-state index in [1.54, 1.807) is 13.3 Å². The van der Waals surface area contributed by atoms with Crippen LogP contribution in [0.15, 0.2) is 29.3 Å². The lowest BCUT2D eigenvalue weighted by molar-refractivity contribution is 0.934. The van der Waals surface area contributed by atoms with Gasteiger partial charge in [-0.05, 0) is 12.1 Å². The number of aryl methyl sites for hydroxylation is 1. The molecule has 0 unspecified atom stereocenters. The number of nitrogens with zero attached hydrogens (tertiary/aromatic N) is 3. The van der Waals surface area contributed by atoms with E-state index in [1.807, 2.05) is 29.8 Å². The van der Waals surface area contributed by atoms with Gasteiger partial charge in [-0.1, -0.05) is 12.1 Å². The molecular formula is C10H11N3. The van der Waals surface area contributed by atoms with Crippen molar-refractivity contribution in [1.82, 2.24) is 9.55 Å². The minimum atomic E-state index is 0.892. The maximum Gasteiger partial charge on any atom is 0.151 e. The Labute approximate surface area is 76.7 Å². The fourth-order valence-electron chi connectivity index (χ4n) is 1.40. The van der Waals surface area contributed by atoms with Gasteiger partial charge in [-0.2, -0.15) is 0 Å². The van der Waals surface area contributed by atoms with Crippen molar-refractivity contribution >= 4 is 17.2 Å². The van der Waals surface area contributed by atoms with Crippen molar-refractivity contribution in [3.63, 3.8) is 0 Å². The number of hydrogen-bond acceptors (Lipinski definition) is 2. The molecular weight excluding hydrogens is 162 g/mol. The zero-order chi connectivity index (χ0) is 9.26. The van der Waals surface area contributed by atoms with Crippen molar-refractivity contribution in [3.8, 4) is 0 Å². The van der Waals surface area contributed by atoms with E-state index < -0.39 is 0 Å². The van der Waals surface area contributed by atoms with Crippen molar-refractivity contribution in [1.29, 1.82) is 0 Å². The van der Waals surface area contributed by atoms with Crippen LogP contribution in [-0.2, 0) is 7.05 Å². The number of aliphatic imine (C=N–C) groups is 1. The summed E-state index contributed by atoms with van der Waals surface area (Å²) in [6.45, 7) is 0. The van der Waals surface area contributed by atoms with E-state index in [0.717, 1.165) is 16.9 Å². The number of hydrogen-bond donors (Lipinski definition) is 0. The van der Waals surface area contributed by atoms with Crippen LogP contribution in [0.5, 0.6) is 0 Å². The summed E-state index contributed by atoms with van der Waals surface area (Å²) >= 11 is 0. The number of para-hydroxylation sites is 2. The Morgan fingerprint density at radius 3 is 2.85 bits per heavy atom. The van der Waals surface area contributed by atoms with Crippen LogP contribution in [0.2, 0.25) is 0 Å². The van der Waals surface area contributed by atoms with Crippen molar-refractivity contribution in [2.75, 3.05) is 7.05 Å². The van der Waals surface area contributed by atoms with Gasteiger partial charge in [-0.25, -0.2) is 4.98 Å². The Bertz CT molecular complexity index is 454. The highest BCUT2D eigenvalue weighted by molar-refractivity contribution is 5.84. The van der Waals surface area contributed by atoms with Crippen LogP contribution in [-0.4, -0.2) is 22.8 Å². The predicted molar refractivity (Wildman–Crippen MR) is 54.2 cm³/mol. The monoisotopic (exact) mass is 173 g/mol. The summed E-state index contributed by atoms with van der Waals surface area (Å²) in [5.74, 6) is 0.892. The first-order valence-electron chi connectivity index (χ1n) is 4.16. The molecule has 0 fully saturated rings. The third-order valence-electron chi connectivity index (χ3n) is 2.07. The molecule has 1 heterocycles. The molecule has 2 rings (SSSR count). The van der Waals surface area contributed by atoms with Gasteiger partial charge in [0, 0.05) is 14.1 Å². The van der Waals surface area contributed by atoms with E-state index >= 15 is 0 Å². The largest absolute Gasteiger partial charge is 0.326 e. The second kappa shape index (κ2) is 3.01. The fraction of sp³-hybridized carbons (Fsp3) is 0.200. The predicted octanol–water partition coefficient (Wildman–Crippen LogP) is 1.62. The third-order valence-corrected chi connectivity index (χ3v) is 2.07. The fourth-order valence-corrected chi connectivity index (χ4v) is 1.40. The number of aromatic nitrogens is 2. The SMILES string of the molecule is C/N=C/c1nc2ccccc2n1C. The van der Waals surface area contributed by atoms with Gasteiger partial charge < -0.3 is 4.57 Å². The van der Waals surface area contributed by atoms with Crippen LogP contribution < -0.4 is 0 Å². The molecule has 66 valence electrons. The van der Waals surface area contributed by atoms with E-state index in [2.05, 4.69) is 16.0 Å². The van der Waals surface area contributed by atoms with Crippen LogP contribution in [0.1, 0.15) is 5.82 Å². The summed E-state index contributed by atoms with van der Waals surface area (Å²) in [4.78, 5) is 8.37. The molecule has 0 bridgehead atoms. The molecule has 0 N–H and O–H groups in total. The zero-order valence-electron chi connectivity index (χ0n) is 7.73. The second-order valence-electron chi connectivity index (χ2n) is 2.91. The molecule has 3 heteroatoms. The first kappa shape index (κ1) is 7.98. The van der Waals surface area contributed by atoms with Crippen LogP contribution in [0.25, 0.3) is 11.0 Å². The molecule has 0 spiro atoms. The van der Waals surface area contributed by atoms with Crippen molar-refractivity contribution < 1.29 is 0 Å². The molecule has 0 aliphatic heterocycles. The van der Waals surface area contributed by atoms with E-state index in [-0.39, 0.29) is 0 Å². The average Bonchev–Trinajstić information content (AvgIpc) is 2.46. The standard InChI is InChI=1S/C10H11N3/c1-11-7-10-12-8-5-3-4-6-9(8)13(10)2/h3-7H,1-2H3/b11-7+. The summed E-state index contributed by atoms with van der Waals surface area (Å²) in [6.07, 6.45) is 1.76. The van der Waals surface area contributed by atoms with Gasteiger partial charge in [0.05, 0.1) is 17.2 Å². The molecule has 1 aromatic heterocycles. The number of benzene rings is 1. The minimum Gasteiger partial charge on any atom is -0.326 e. The Hall–Kier alpha value is -1.64. The molecule has 3 nitrogen and oxygen atoms in total. The molecule has 0 atom stereocenters. The molecule has 1 aromatic carbocycles. The molecule has 0 radical (unpaired) electrons. The summed E-state index contributed by atoms with van der Waals surface area (Å²) in [5.41, 5.74) is 2.15. The Balaban J connectivity index is 2.73. The summed E-state index contributed by atoms with van der Waals surface area (Å²) in [5, 5.41) is 0. The van der Waals surface area contributed by atoms with Crippen LogP contribution >= 0.6 is 0 Å². The van der Waals surface area contributed by atoms with E-state index in [0.29, 0.717) is 0 Å². The zero-order valence-corrected chi connectivity index (χ0v) is 7.73. The lowest BCUT2D eigenvalue weighted by Crippen LogP contribution is -1.95. The minimum absolute atomic E-state index is 0.892. The van der Waals surface area contributed by atoms with Crippen LogP contribution in [0.4, 0.5) is 0 Å². The highest BCUT2D eigenvalue weighted by Gasteiger charge is 2.02. The Morgan fingerprint density at radius 1 is 1.38 bits per heavy atom. The lowest BCUT2D eigenvalue weighted by Gasteiger charge is -1.94. The van der Waals surface area contributed by atoms with Gasteiger partial charge in [0.15, 0.2) is 5.82 Å². The Morgan fingerprint density at radius 2 is 2.15 bits per heavy atom. The number of fused-ring (bicyclic) bond motifs is 1. The molecule has 0 amide bonds. The highest BCUT2D eigenvalue weighted by Crippen LogP contribution is 2.12. The number of imidazole rings is 1. The quantitative estimate of drug-likeness (QED) is 0.603. The van der Waals surface area contributed by atoms with Gasteiger partial charge in [-0.15, -0.1) is 0 Å². The molecule has 0 saturated carbocycles. The van der Waals surface area contributed by atoms with Crippen molar-refractivity contribution in [2.24, 2.45) is 12.0 Å². The van der Waals surface area contributed by atoms with E-state index in [4.69, 9.17) is 0 Å². The first-order chi connectivity index (χ1) is 6.33. The smallest absolute Gasteiger partial charge is 0.151 e. The van der Waals surface area contributed by atoms with Gasteiger partial charge in [0.2, 0.25) is 0 Å². The van der Waals surface area contributed by atoms with Crippen molar-refractivity contribution in [2.45, 2.75) is 0 Å². The van der Waals surface area contributed by atoms with E-state index in [1.165, 1.54) is 0 Å². The summed E-state index contributed by atoms with van der Waals surface area (Å²) in [6, 6.07) is 8.05. The molecule has 0 aliphatic carbocycles. The molecule has 13 heavy (non-hydrogen) atoms. The van der Waals surface area contributed by atoms with Crippen LogP contribution in [0.3, 0.4) is 0 Å². The van der Waals surface area contributed by atoms with Gasteiger partial charge in [0.1, 0.15) is 0 Å². The van der Waals surface area contributed by atoms with E-state index in [9.17, 15) is 0 Å². The maximum absolute atomic E-state index is 4.42. The molecule has 0 saturated heterocycles. The molecule has 0 aliphatic rings. The molecule has 2 aromatic rings. The van der Waals surface area contributed by atoms with Gasteiger partial charge in [0.25, 0.3) is 0 Å². The average molecular weight is 173 g/mol. The third kappa shape index (κ3) is 1.22. The summed E-state index contributed by atoms with van der Waals surface area (Å²) in [7, 11) is 3.74. The topological polar surface area (TPSA) is 30.2 Å². The number of rotatable bonds is 1. The lowest BCUT2D eigenvalue weighted by atomic mass is 10.3. The first-order valence-corrected chi connectivity index (χ1v) is 4.16. The maximum atomic E-state index is 4.42. The van der Waals surface area contributed by atoms with Gasteiger partial charge >= 0.3 is 0 Å². The van der Waals surface area contributed by atoms with Crippen LogP contribution in [0, 0.1) is 0 Å². The summed E-state index contributed by atoms with van der Waals surface area (Å²) < 4.78 is 2.03. The second-order valence-corrected chi connectivity index (χ2v) is 2.91. The normalized spacial score (nSPS) is 11.5. The van der Waals surface area contributed by atoms with Gasteiger partial charge in [-0.3, -0.25) is 4.99 Å². The Kier molecular flexibility index (Phi) is 1.85.